The first-order valence-electron chi connectivity index (χ1n) is 15.9. The zero-order valence-electron chi connectivity index (χ0n) is 28.5. The van der Waals surface area contributed by atoms with Crippen molar-refractivity contribution in [3.63, 3.8) is 0 Å². The zero-order chi connectivity index (χ0) is 39.9. The Kier molecular flexibility index (Phi) is 13.2. The van der Waals surface area contributed by atoms with Crippen LogP contribution in [0.4, 0.5) is 0 Å². The maximum atomic E-state index is 11.9. The Morgan fingerprint density at radius 1 is 0.482 bits per heavy atom. The Hall–Kier alpha value is -5.05. The van der Waals surface area contributed by atoms with Crippen molar-refractivity contribution in [2.45, 2.75) is 0 Å². The topological polar surface area (TPSA) is 142 Å². The normalized spacial score (nSPS) is 10.6. The van der Waals surface area contributed by atoms with Crippen molar-refractivity contribution in [2.75, 3.05) is 0 Å². The molecule has 1 N–H and O–H groups in total. The highest BCUT2D eigenvalue weighted by Gasteiger charge is 2.10. The number of aryl methyl sites for hydroxylation is 1. The maximum absolute atomic E-state index is 11.9. The van der Waals surface area contributed by atoms with Gasteiger partial charge in [0.25, 0.3) is 0 Å². The number of aromatic amines is 1. The molecule has 0 saturated carbocycles. The Bertz CT molecular complexity index is 2780. The summed E-state index contributed by atoms with van der Waals surface area (Å²) in [6.07, 6.45) is 10.7. The number of aromatic nitrogens is 10. The first-order valence-corrected chi connectivity index (χ1v) is 18.5. The molecule has 0 bridgehead atoms. The lowest BCUT2D eigenvalue weighted by Crippen LogP contribution is -2.21. The molecule has 0 saturated heterocycles. The summed E-state index contributed by atoms with van der Waals surface area (Å²) in [6.45, 7) is 0. The van der Waals surface area contributed by atoms with Crippen LogP contribution < -0.4 is 11.4 Å². The minimum Gasteiger partial charge on any atom is -0.312 e. The molecule has 5 aromatic heterocycles. The second-order valence-electron chi connectivity index (χ2n) is 11.3. The van der Waals surface area contributed by atoms with Gasteiger partial charge in [-0.15, -0.1) is 0 Å². The highest BCUT2D eigenvalue weighted by Crippen LogP contribution is 2.30. The lowest BCUT2D eigenvalue weighted by Gasteiger charge is -2.05. The highest BCUT2D eigenvalue weighted by molar-refractivity contribution is 6.43. The smallest absolute Gasteiger partial charge is 0.312 e. The number of imidazole rings is 2. The number of halogens is 7. The van der Waals surface area contributed by atoms with Crippen molar-refractivity contribution < 1.29 is 0 Å². The SMILES string of the molecule is Clc1cc(-c2ccc(Cl)c(Cl)c2)ncn1.Cn1ccn(-c2cc(-c3ccc(Cl)c(Cl)c3)ncn2)c1=O.O=c1[nH]ccn1-c1cc(-c2ccc(Cl)c(Cl)c2)ncn1. The van der Waals surface area contributed by atoms with Gasteiger partial charge in [-0.1, -0.05) is 99.4 Å². The molecule has 0 radical (unpaired) electrons. The first kappa shape index (κ1) is 40.6. The van der Waals surface area contributed by atoms with E-state index >= 15 is 0 Å². The molecule has 0 unspecified atom stereocenters. The van der Waals surface area contributed by atoms with E-state index in [-0.39, 0.29) is 11.4 Å². The van der Waals surface area contributed by atoms with E-state index in [9.17, 15) is 9.59 Å². The number of nitrogens with zero attached hydrogens (tertiary/aromatic N) is 9. The van der Waals surface area contributed by atoms with Crippen molar-refractivity contribution in [3.05, 3.63) is 173 Å². The van der Waals surface area contributed by atoms with Crippen molar-refractivity contribution in [1.82, 2.24) is 48.6 Å². The Morgan fingerprint density at radius 2 is 0.929 bits per heavy atom. The van der Waals surface area contributed by atoms with Gasteiger partial charge >= 0.3 is 11.4 Å². The molecule has 0 amide bonds. The number of rotatable bonds is 5. The van der Waals surface area contributed by atoms with Gasteiger partial charge in [0.2, 0.25) is 0 Å². The van der Waals surface area contributed by atoms with Gasteiger partial charge < -0.3 is 9.55 Å². The lowest BCUT2D eigenvalue weighted by atomic mass is 10.1. The highest BCUT2D eigenvalue weighted by atomic mass is 35.5. The van der Waals surface area contributed by atoms with Crippen molar-refractivity contribution in [1.29, 1.82) is 0 Å². The second-order valence-corrected chi connectivity index (χ2v) is 14.2. The van der Waals surface area contributed by atoms with E-state index in [2.05, 4.69) is 34.9 Å². The zero-order valence-corrected chi connectivity index (χ0v) is 33.7. The predicted octanol–water partition coefficient (Wildman–Crippen LogP) is 9.97. The van der Waals surface area contributed by atoms with Crippen LogP contribution in [0.1, 0.15) is 0 Å². The summed E-state index contributed by atoms with van der Waals surface area (Å²) in [4.78, 5) is 50.6. The van der Waals surface area contributed by atoms with Crippen LogP contribution in [0.15, 0.2) is 126 Å². The van der Waals surface area contributed by atoms with Gasteiger partial charge in [0, 0.05) is 66.7 Å². The van der Waals surface area contributed by atoms with E-state index in [1.807, 2.05) is 12.1 Å². The number of hydrogen-bond acceptors (Lipinski definition) is 8. The van der Waals surface area contributed by atoms with Crippen molar-refractivity contribution >= 4 is 81.2 Å². The molecule has 56 heavy (non-hydrogen) atoms. The molecule has 0 aliphatic carbocycles. The fourth-order valence-electron chi connectivity index (χ4n) is 4.87. The summed E-state index contributed by atoms with van der Waals surface area (Å²) in [6, 6.07) is 20.8. The quantitative estimate of drug-likeness (QED) is 0.168. The van der Waals surface area contributed by atoms with E-state index in [1.165, 1.54) is 32.7 Å². The molecule has 0 atom stereocenters. The summed E-state index contributed by atoms with van der Waals surface area (Å²) in [5, 5.41) is 3.26. The van der Waals surface area contributed by atoms with Gasteiger partial charge in [-0.25, -0.2) is 39.5 Å². The van der Waals surface area contributed by atoms with Gasteiger partial charge in [0.1, 0.15) is 35.8 Å². The van der Waals surface area contributed by atoms with Gasteiger partial charge in [-0.2, -0.15) is 0 Å². The van der Waals surface area contributed by atoms with Crippen LogP contribution in [0.3, 0.4) is 0 Å². The third-order valence-electron chi connectivity index (χ3n) is 7.68. The molecule has 0 spiro atoms. The molecule has 5 heterocycles. The number of hydrogen-bond donors (Lipinski definition) is 1. The van der Waals surface area contributed by atoms with Crippen LogP contribution in [0.5, 0.6) is 0 Å². The molecule has 3 aromatic carbocycles. The van der Waals surface area contributed by atoms with Crippen LogP contribution >= 0.6 is 81.2 Å². The summed E-state index contributed by atoms with van der Waals surface area (Å²) in [5.74, 6) is 0.976. The fourth-order valence-corrected chi connectivity index (χ4v) is 5.91. The predicted molar refractivity (Wildman–Crippen MR) is 222 cm³/mol. The molecule has 19 heteroatoms. The third kappa shape index (κ3) is 9.84. The van der Waals surface area contributed by atoms with E-state index in [1.54, 1.807) is 92.5 Å². The average molecular weight is 888 g/mol. The third-order valence-corrected chi connectivity index (χ3v) is 10.1. The van der Waals surface area contributed by atoms with Crippen LogP contribution in [-0.2, 0) is 7.05 Å². The molecule has 0 aliphatic rings. The van der Waals surface area contributed by atoms with E-state index in [0.717, 1.165) is 16.7 Å². The standard InChI is InChI=1S/C14H10Cl2N4O.C13H8Cl2N4O.C10H5Cl3N2/c1-19-4-5-20(14(19)21)13-7-12(17-8-18-13)9-2-3-10(15)11(16)6-9;14-9-2-1-8(5-10(9)15)11-6-12(18-7-17-11)19-4-3-16-13(19)20;11-7-2-1-6(3-8(7)12)9-4-10(13)15-5-14-9/h2-8H,1H3;1-7H,(H,16,20);1-5H. The van der Waals surface area contributed by atoms with Gasteiger partial charge in [0.15, 0.2) is 0 Å². The monoisotopic (exact) mass is 884 g/mol. The van der Waals surface area contributed by atoms with Crippen LogP contribution in [0.25, 0.3) is 45.4 Å². The van der Waals surface area contributed by atoms with E-state index < -0.39 is 0 Å². The average Bonchev–Trinajstić information content (AvgIpc) is 3.79. The largest absolute Gasteiger partial charge is 0.333 e. The van der Waals surface area contributed by atoms with Gasteiger partial charge in [0.05, 0.1) is 47.2 Å². The Balaban J connectivity index is 0.000000145. The Morgan fingerprint density at radius 3 is 1.32 bits per heavy atom. The van der Waals surface area contributed by atoms with E-state index in [0.29, 0.717) is 64.0 Å². The summed E-state index contributed by atoms with van der Waals surface area (Å²) < 4.78 is 4.31. The molecule has 0 fully saturated rings. The lowest BCUT2D eigenvalue weighted by molar-refractivity contribution is 0.811. The molecule has 8 rings (SSSR count). The molecule has 12 nitrogen and oxygen atoms in total. The number of nitrogens with one attached hydrogen (secondary N) is 1. The molecular weight excluding hydrogens is 865 g/mol. The summed E-state index contributed by atoms with van der Waals surface area (Å²) in [7, 11) is 1.68. The molecular formula is C37H23Cl7N10O2. The van der Waals surface area contributed by atoms with Gasteiger partial charge in [-0.3, -0.25) is 9.13 Å². The number of benzene rings is 3. The maximum Gasteiger partial charge on any atom is 0.333 e. The number of H-pyrrole nitrogens is 1. The van der Waals surface area contributed by atoms with Crippen molar-refractivity contribution in [2.24, 2.45) is 7.05 Å². The van der Waals surface area contributed by atoms with Crippen molar-refractivity contribution in [3.8, 4) is 45.4 Å². The van der Waals surface area contributed by atoms with Crippen LogP contribution in [-0.4, -0.2) is 48.6 Å². The molecule has 0 aliphatic heterocycles. The summed E-state index contributed by atoms with van der Waals surface area (Å²) in [5.41, 5.74) is 4.06. The fraction of sp³-hybridized carbons (Fsp3) is 0.0270. The van der Waals surface area contributed by atoms with Gasteiger partial charge in [-0.05, 0) is 36.4 Å². The van der Waals surface area contributed by atoms with Crippen LogP contribution in [0.2, 0.25) is 35.3 Å². The minimum absolute atomic E-state index is 0.172. The second kappa shape index (κ2) is 18.3. The summed E-state index contributed by atoms with van der Waals surface area (Å²) >= 11 is 41.3. The van der Waals surface area contributed by atoms with Crippen LogP contribution in [0, 0.1) is 0 Å². The van der Waals surface area contributed by atoms with E-state index in [4.69, 9.17) is 81.2 Å². The minimum atomic E-state index is -0.260. The molecule has 282 valence electrons. The Labute approximate surface area is 352 Å². The first-order chi connectivity index (χ1) is 26.9. The molecule has 8 aromatic rings.